The number of rotatable bonds is 3. The molecule has 0 amide bonds. The Morgan fingerprint density at radius 2 is 2.21 bits per heavy atom. The molecule has 0 saturated carbocycles. The first-order chi connectivity index (χ1) is 6.56. The summed E-state index contributed by atoms with van der Waals surface area (Å²) in [7, 11) is 1.40. The number of aryl methyl sites for hydroxylation is 1. The van der Waals surface area contributed by atoms with Gasteiger partial charge in [-0.1, -0.05) is 5.10 Å². The van der Waals surface area contributed by atoms with Crippen LogP contribution in [-0.4, -0.2) is 33.4 Å². The van der Waals surface area contributed by atoms with Crippen LogP contribution in [0.25, 0.3) is 0 Å². The number of carboxylic acids is 1. The second kappa shape index (κ2) is 3.97. The van der Waals surface area contributed by atoms with Crippen molar-refractivity contribution in [2.24, 2.45) is 5.73 Å². The highest BCUT2D eigenvalue weighted by Crippen LogP contribution is 2.11. The molecule has 7 nitrogen and oxygen atoms in total. The highest BCUT2D eigenvalue weighted by molar-refractivity contribution is 5.74. The van der Waals surface area contributed by atoms with Crippen LogP contribution in [0, 0.1) is 6.92 Å². The minimum absolute atomic E-state index is 0.0869. The van der Waals surface area contributed by atoms with Crippen LogP contribution >= 0.6 is 0 Å². The third-order valence-electron chi connectivity index (χ3n) is 1.62. The van der Waals surface area contributed by atoms with E-state index >= 15 is 0 Å². The van der Waals surface area contributed by atoms with Crippen molar-refractivity contribution in [3.05, 3.63) is 11.4 Å². The first-order valence-electron chi connectivity index (χ1n) is 3.80. The Kier molecular flexibility index (Phi) is 2.92. The van der Waals surface area contributed by atoms with Crippen LogP contribution in [0.3, 0.4) is 0 Å². The summed E-state index contributed by atoms with van der Waals surface area (Å²) in [6.45, 7) is 1.59. The zero-order valence-electron chi connectivity index (χ0n) is 7.76. The molecule has 1 atom stereocenters. The van der Waals surface area contributed by atoms with Crippen LogP contribution in [0.5, 0.6) is 6.01 Å². The molecule has 1 aromatic heterocycles. The third kappa shape index (κ3) is 1.94. The van der Waals surface area contributed by atoms with Gasteiger partial charge in [-0.15, -0.1) is 5.10 Å². The van der Waals surface area contributed by atoms with E-state index in [2.05, 4.69) is 15.2 Å². The van der Waals surface area contributed by atoms with E-state index in [4.69, 9.17) is 15.6 Å². The number of hydrogen-bond donors (Lipinski definition) is 2. The highest BCUT2D eigenvalue weighted by atomic mass is 16.5. The Balaban J connectivity index is 3.05. The van der Waals surface area contributed by atoms with Crippen molar-refractivity contribution in [2.75, 3.05) is 7.11 Å². The topological polar surface area (TPSA) is 111 Å². The largest absolute Gasteiger partial charge is 0.480 e. The first kappa shape index (κ1) is 10.3. The van der Waals surface area contributed by atoms with Crippen LogP contribution in [0.15, 0.2) is 0 Å². The molecular formula is C7H10N4O3. The van der Waals surface area contributed by atoms with Gasteiger partial charge < -0.3 is 15.6 Å². The molecule has 0 aliphatic carbocycles. The smallest absolute Gasteiger partial charge is 0.335 e. The van der Waals surface area contributed by atoms with Crippen molar-refractivity contribution < 1.29 is 14.6 Å². The predicted octanol–water partition coefficient (Wildman–Crippen LogP) is -0.727. The Morgan fingerprint density at radius 3 is 2.64 bits per heavy atom. The lowest BCUT2D eigenvalue weighted by Crippen LogP contribution is -2.24. The van der Waals surface area contributed by atoms with Crippen molar-refractivity contribution >= 4 is 5.97 Å². The fourth-order valence-electron chi connectivity index (χ4n) is 0.883. The molecule has 76 valence electrons. The lowest BCUT2D eigenvalue weighted by molar-refractivity contribution is -0.138. The summed E-state index contributed by atoms with van der Waals surface area (Å²) in [5.74, 6) is -1.17. The number of aromatic nitrogens is 3. The van der Waals surface area contributed by atoms with Gasteiger partial charge in [0.1, 0.15) is 11.7 Å². The van der Waals surface area contributed by atoms with E-state index in [1.165, 1.54) is 7.11 Å². The number of hydrogen-bond acceptors (Lipinski definition) is 6. The number of ether oxygens (including phenoxy) is 1. The number of aliphatic carboxylic acids is 1. The van der Waals surface area contributed by atoms with E-state index in [0.717, 1.165) is 0 Å². The average Bonchev–Trinajstić information content (AvgIpc) is 2.16. The van der Waals surface area contributed by atoms with Gasteiger partial charge >= 0.3 is 12.0 Å². The van der Waals surface area contributed by atoms with Crippen molar-refractivity contribution in [1.82, 2.24) is 15.2 Å². The standard InChI is InChI=1S/C7H10N4O3/c1-3-5(4(8)6(12)13)10-11-7(9-3)14-2/h4H,8H2,1-2H3,(H,12,13). The maximum absolute atomic E-state index is 10.6. The van der Waals surface area contributed by atoms with E-state index in [1.807, 2.05) is 0 Å². The van der Waals surface area contributed by atoms with Gasteiger partial charge in [0.25, 0.3) is 0 Å². The van der Waals surface area contributed by atoms with E-state index in [-0.39, 0.29) is 11.7 Å². The van der Waals surface area contributed by atoms with Crippen molar-refractivity contribution in [2.45, 2.75) is 13.0 Å². The van der Waals surface area contributed by atoms with Gasteiger partial charge in [0.15, 0.2) is 0 Å². The van der Waals surface area contributed by atoms with Crippen molar-refractivity contribution in [1.29, 1.82) is 0 Å². The summed E-state index contributed by atoms with van der Waals surface area (Å²) in [5.41, 5.74) is 5.88. The molecule has 0 bridgehead atoms. The van der Waals surface area contributed by atoms with E-state index in [0.29, 0.717) is 5.69 Å². The van der Waals surface area contributed by atoms with Crippen LogP contribution in [-0.2, 0) is 4.79 Å². The molecule has 0 fully saturated rings. The number of carbonyl (C=O) groups is 1. The summed E-state index contributed by atoms with van der Waals surface area (Å²) in [4.78, 5) is 14.4. The van der Waals surface area contributed by atoms with Gasteiger partial charge in [-0.05, 0) is 6.92 Å². The summed E-state index contributed by atoms with van der Waals surface area (Å²) >= 11 is 0. The lowest BCUT2D eigenvalue weighted by atomic mass is 10.2. The molecule has 14 heavy (non-hydrogen) atoms. The lowest BCUT2D eigenvalue weighted by Gasteiger charge is -2.07. The van der Waals surface area contributed by atoms with Gasteiger partial charge in [0.05, 0.1) is 12.8 Å². The first-order valence-corrected chi connectivity index (χ1v) is 3.80. The Labute approximate surface area is 79.9 Å². The molecule has 1 heterocycles. The van der Waals surface area contributed by atoms with Gasteiger partial charge in [-0.3, -0.25) is 4.79 Å². The summed E-state index contributed by atoms with van der Waals surface area (Å²) < 4.78 is 4.72. The highest BCUT2D eigenvalue weighted by Gasteiger charge is 2.20. The maximum atomic E-state index is 10.6. The monoisotopic (exact) mass is 198 g/mol. The Morgan fingerprint density at radius 1 is 1.57 bits per heavy atom. The second-order valence-electron chi connectivity index (χ2n) is 2.59. The Hall–Kier alpha value is -1.76. The van der Waals surface area contributed by atoms with E-state index < -0.39 is 12.0 Å². The van der Waals surface area contributed by atoms with Crippen LogP contribution in [0.2, 0.25) is 0 Å². The zero-order valence-corrected chi connectivity index (χ0v) is 7.76. The minimum atomic E-state index is -1.21. The van der Waals surface area contributed by atoms with E-state index in [9.17, 15) is 4.79 Å². The molecule has 3 N–H and O–H groups in total. The number of nitrogens with two attached hydrogens (primary N) is 1. The van der Waals surface area contributed by atoms with Crippen LogP contribution in [0.4, 0.5) is 0 Å². The van der Waals surface area contributed by atoms with Crippen molar-refractivity contribution in [3.63, 3.8) is 0 Å². The molecule has 7 heteroatoms. The molecule has 0 aliphatic heterocycles. The van der Waals surface area contributed by atoms with Gasteiger partial charge in [0, 0.05) is 0 Å². The number of methoxy groups -OCH3 is 1. The fourth-order valence-corrected chi connectivity index (χ4v) is 0.883. The summed E-state index contributed by atoms with van der Waals surface area (Å²) in [6.07, 6.45) is 0. The molecule has 0 spiro atoms. The molecule has 0 saturated heterocycles. The van der Waals surface area contributed by atoms with Gasteiger partial charge in [-0.25, -0.2) is 0 Å². The zero-order chi connectivity index (χ0) is 10.7. The fraction of sp³-hybridized carbons (Fsp3) is 0.429. The Bertz CT molecular complexity index is 355. The maximum Gasteiger partial charge on any atom is 0.335 e. The number of carboxylic acid groups (broad SMARTS) is 1. The predicted molar refractivity (Wildman–Crippen MR) is 45.7 cm³/mol. The quantitative estimate of drug-likeness (QED) is 0.658. The molecule has 0 aromatic carbocycles. The summed E-state index contributed by atoms with van der Waals surface area (Å²) in [5, 5.41) is 15.8. The molecule has 0 radical (unpaired) electrons. The second-order valence-corrected chi connectivity index (χ2v) is 2.59. The molecule has 1 rings (SSSR count). The minimum Gasteiger partial charge on any atom is -0.480 e. The molecule has 0 aliphatic rings. The van der Waals surface area contributed by atoms with Gasteiger partial charge in [0.2, 0.25) is 0 Å². The molecule has 1 aromatic rings. The molecular weight excluding hydrogens is 188 g/mol. The van der Waals surface area contributed by atoms with Crippen molar-refractivity contribution in [3.8, 4) is 6.01 Å². The van der Waals surface area contributed by atoms with E-state index in [1.54, 1.807) is 6.92 Å². The normalized spacial score (nSPS) is 12.2. The average molecular weight is 198 g/mol. The van der Waals surface area contributed by atoms with Gasteiger partial charge in [-0.2, -0.15) is 4.98 Å². The molecule has 1 unspecified atom stereocenters. The third-order valence-corrected chi connectivity index (χ3v) is 1.62. The van der Waals surface area contributed by atoms with Crippen LogP contribution < -0.4 is 10.5 Å². The SMILES string of the molecule is COc1nnc(C(N)C(=O)O)c(C)n1. The summed E-state index contributed by atoms with van der Waals surface area (Å²) in [6, 6.07) is -1.12. The van der Waals surface area contributed by atoms with Crippen LogP contribution in [0.1, 0.15) is 17.4 Å². The number of nitrogens with zero attached hydrogens (tertiary/aromatic N) is 3.